The summed E-state index contributed by atoms with van der Waals surface area (Å²) < 4.78 is 48.0. The second kappa shape index (κ2) is 12.1. The lowest BCUT2D eigenvalue weighted by molar-refractivity contribution is -0.760. The average Bonchev–Trinajstić information content (AvgIpc) is 3.28. The Morgan fingerprint density at radius 1 is 1.24 bits per heavy atom. The molecule has 1 heterocycles. The summed E-state index contributed by atoms with van der Waals surface area (Å²) in [7, 11) is -4.32. The van der Waals surface area contributed by atoms with Gasteiger partial charge in [0.2, 0.25) is 5.91 Å². The van der Waals surface area contributed by atoms with E-state index in [0.717, 1.165) is 29.3 Å². The fraction of sp³-hybridized carbons (Fsp3) is 0.320. The summed E-state index contributed by atoms with van der Waals surface area (Å²) in [5, 5.41) is 23.0. The van der Waals surface area contributed by atoms with Crippen LogP contribution in [0.3, 0.4) is 0 Å². The molecule has 0 radical (unpaired) electrons. The van der Waals surface area contributed by atoms with Gasteiger partial charge in [0.1, 0.15) is 23.9 Å². The molecule has 0 spiro atoms. The Bertz CT molecular complexity index is 1660. The van der Waals surface area contributed by atoms with Crippen LogP contribution < -0.4 is 4.72 Å². The molecule has 0 atom stereocenters. The number of carbonyl (C=O) groups excluding carboxylic acids is 2. The number of sulfonamides is 1. The molecule has 0 saturated heterocycles. The molecule has 3 rings (SSSR count). The molecule has 216 valence electrons. The molecule has 1 amide bonds. The molecule has 0 aliphatic heterocycles. The lowest BCUT2D eigenvalue weighted by atomic mass is 9.95. The Balaban J connectivity index is 2.00. The average molecular weight is 589 g/mol. The number of ether oxygens (including phenoxy) is 1. The predicted molar refractivity (Wildman–Crippen MR) is 138 cm³/mol. The number of hydrogen-bond acceptors (Lipinski definition) is 11. The van der Waals surface area contributed by atoms with Crippen LogP contribution in [-0.2, 0) is 42.2 Å². The standard InChI is InChI=1S/C25H25FN6O8S/c1-15-5-6-17(12-27)9-18(15)10-23-28-22(13-39-24(34)25(3,4)14-40-32(35)36)29-31(23)21-8-7-19(11-20(21)26)41(37,38)30-16(2)33/h5-9,11H,10,13-14H2,1-4H3,(H,30,33). The number of nitrogens with one attached hydrogen (secondary N) is 1. The Labute approximate surface area is 233 Å². The highest BCUT2D eigenvalue weighted by atomic mass is 32.2. The van der Waals surface area contributed by atoms with Crippen molar-refractivity contribution in [2.24, 2.45) is 5.41 Å². The monoisotopic (exact) mass is 588 g/mol. The Morgan fingerprint density at radius 3 is 2.56 bits per heavy atom. The van der Waals surface area contributed by atoms with Gasteiger partial charge in [-0.15, -0.1) is 15.2 Å². The van der Waals surface area contributed by atoms with Gasteiger partial charge in [-0.1, -0.05) is 6.07 Å². The van der Waals surface area contributed by atoms with Gasteiger partial charge in [-0.25, -0.2) is 27.2 Å². The van der Waals surface area contributed by atoms with E-state index in [0.29, 0.717) is 17.2 Å². The van der Waals surface area contributed by atoms with Crippen LogP contribution in [0.2, 0.25) is 0 Å². The summed E-state index contributed by atoms with van der Waals surface area (Å²) in [6.07, 6.45) is 0.0653. The number of halogens is 1. The molecule has 0 aliphatic rings. The first-order chi connectivity index (χ1) is 19.1. The van der Waals surface area contributed by atoms with E-state index >= 15 is 4.39 Å². The quantitative estimate of drug-likeness (QED) is 0.196. The number of aryl methyl sites for hydroxylation is 1. The second-order valence-corrected chi connectivity index (χ2v) is 11.2. The highest BCUT2D eigenvalue weighted by Gasteiger charge is 2.31. The maximum Gasteiger partial charge on any atom is 0.313 e. The number of esters is 1. The zero-order chi connectivity index (χ0) is 30.5. The molecule has 0 aliphatic carbocycles. The Kier molecular flexibility index (Phi) is 9.03. The van der Waals surface area contributed by atoms with E-state index in [1.54, 1.807) is 29.8 Å². The number of aromatic nitrogens is 3. The van der Waals surface area contributed by atoms with Crippen molar-refractivity contribution in [1.82, 2.24) is 19.5 Å². The third kappa shape index (κ3) is 7.60. The maximum atomic E-state index is 15.3. The molecule has 0 fully saturated rings. The van der Waals surface area contributed by atoms with Crippen molar-refractivity contribution in [3.05, 3.63) is 80.7 Å². The van der Waals surface area contributed by atoms with Crippen molar-refractivity contribution < 1.29 is 37.1 Å². The van der Waals surface area contributed by atoms with Gasteiger partial charge in [-0.2, -0.15) is 5.26 Å². The van der Waals surface area contributed by atoms with Gasteiger partial charge in [0.05, 0.1) is 21.9 Å². The van der Waals surface area contributed by atoms with Crippen LogP contribution in [0.5, 0.6) is 0 Å². The predicted octanol–water partition coefficient (Wildman–Crippen LogP) is 2.28. The van der Waals surface area contributed by atoms with Gasteiger partial charge in [-0.05, 0) is 62.2 Å². The fourth-order valence-corrected chi connectivity index (χ4v) is 4.54. The topological polar surface area (TPSA) is 196 Å². The molecule has 2 aromatic carbocycles. The minimum Gasteiger partial charge on any atom is -0.457 e. The molecule has 0 unspecified atom stereocenters. The number of rotatable bonds is 11. The van der Waals surface area contributed by atoms with Gasteiger partial charge in [0, 0.05) is 13.3 Å². The number of carbonyl (C=O) groups is 2. The van der Waals surface area contributed by atoms with E-state index in [2.05, 4.69) is 14.9 Å². The fourth-order valence-electron chi connectivity index (χ4n) is 3.54. The van der Waals surface area contributed by atoms with E-state index in [-0.39, 0.29) is 23.8 Å². The maximum absolute atomic E-state index is 15.3. The third-order valence-electron chi connectivity index (χ3n) is 5.70. The van der Waals surface area contributed by atoms with Crippen LogP contribution in [0.15, 0.2) is 41.3 Å². The summed E-state index contributed by atoms with van der Waals surface area (Å²) in [4.78, 5) is 42.4. The van der Waals surface area contributed by atoms with Crippen molar-refractivity contribution in [3.8, 4) is 11.8 Å². The summed E-state index contributed by atoms with van der Waals surface area (Å²) in [5.74, 6) is -2.58. The molecule has 41 heavy (non-hydrogen) atoms. The molecule has 16 heteroatoms. The number of amides is 1. The van der Waals surface area contributed by atoms with Crippen LogP contribution in [0.4, 0.5) is 4.39 Å². The van der Waals surface area contributed by atoms with Crippen molar-refractivity contribution in [2.45, 2.75) is 45.6 Å². The summed E-state index contributed by atoms with van der Waals surface area (Å²) in [6, 6.07) is 9.96. The van der Waals surface area contributed by atoms with E-state index in [9.17, 15) is 33.4 Å². The molecule has 0 bridgehead atoms. The Morgan fingerprint density at radius 2 is 1.95 bits per heavy atom. The van der Waals surface area contributed by atoms with Gasteiger partial charge in [0.25, 0.3) is 15.1 Å². The van der Waals surface area contributed by atoms with Gasteiger partial charge in [0.15, 0.2) is 12.4 Å². The molecule has 3 aromatic rings. The minimum atomic E-state index is -4.32. The first-order valence-corrected chi connectivity index (χ1v) is 13.3. The van der Waals surface area contributed by atoms with Crippen LogP contribution in [0.1, 0.15) is 49.1 Å². The molecule has 1 N–H and O–H groups in total. The van der Waals surface area contributed by atoms with Crippen LogP contribution in [-0.4, -0.2) is 46.8 Å². The Hall–Kier alpha value is -4.91. The third-order valence-corrected chi connectivity index (χ3v) is 7.13. The van der Waals surface area contributed by atoms with Crippen molar-refractivity contribution in [2.75, 3.05) is 6.61 Å². The molecular formula is C25H25FN6O8S. The number of hydrogen-bond donors (Lipinski definition) is 1. The number of benzene rings is 2. The van der Waals surface area contributed by atoms with Crippen LogP contribution >= 0.6 is 0 Å². The van der Waals surface area contributed by atoms with E-state index < -0.39 is 56.3 Å². The summed E-state index contributed by atoms with van der Waals surface area (Å²) in [5.41, 5.74) is 0.277. The van der Waals surface area contributed by atoms with Gasteiger partial charge in [-0.3, -0.25) is 9.59 Å². The molecule has 14 nitrogen and oxygen atoms in total. The lowest BCUT2D eigenvalue weighted by Crippen LogP contribution is -2.32. The minimum absolute atomic E-state index is 0.0530. The van der Waals surface area contributed by atoms with E-state index in [1.807, 2.05) is 6.07 Å². The van der Waals surface area contributed by atoms with E-state index in [4.69, 9.17) is 4.74 Å². The number of nitrogens with zero attached hydrogens (tertiary/aromatic N) is 5. The van der Waals surface area contributed by atoms with Crippen molar-refractivity contribution in [1.29, 1.82) is 5.26 Å². The summed E-state index contributed by atoms with van der Waals surface area (Å²) >= 11 is 0. The molecular weight excluding hydrogens is 563 g/mol. The van der Waals surface area contributed by atoms with E-state index in [1.165, 1.54) is 13.8 Å². The van der Waals surface area contributed by atoms with Crippen molar-refractivity contribution in [3.63, 3.8) is 0 Å². The number of nitriles is 1. The SMILES string of the molecule is CC(=O)NS(=O)(=O)c1ccc(-n2nc(COC(=O)C(C)(C)CO[N+](=O)[O-])nc2Cc2cc(C#N)ccc2C)c(F)c1. The van der Waals surface area contributed by atoms with Gasteiger partial charge >= 0.3 is 5.97 Å². The molecule has 1 aromatic heterocycles. The zero-order valence-electron chi connectivity index (χ0n) is 22.4. The lowest BCUT2D eigenvalue weighted by Gasteiger charge is -2.20. The van der Waals surface area contributed by atoms with Crippen LogP contribution in [0.25, 0.3) is 5.69 Å². The zero-order valence-corrected chi connectivity index (χ0v) is 23.2. The first-order valence-electron chi connectivity index (χ1n) is 11.8. The van der Waals surface area contributed by atoms with Gasteiger partial charge < -0.3 is 9.57 Å². The van der Waals surface area contributed by atoms with Crippen LogP contribution in [0, 0.1) is 39.6 Å². The largest absolute Gasteiger partial charge is 0.457 e. The first kappa shape index (κ1) is 30.6. The normalized spacial score (nSPS) is 11.4. The summed E-state index contributed by atoms with van der Waals surface area (Å²) in [6.45, 7) is 4.53. The highest BCUT2D eigenvalue weighted by Crippen LogP contribution is 2.23. The smallest absolute Gasteiger partial charge is 0.313 e. The second-order valence-electron chi connectivity index (χ2n) is 9.52. The van der Waals surface area contributed by atoms with Crippen molar-refractivity contribution >= 4 is 21.9 Å². The highest BCUT2D eigenvalue weighted by molar-refractivity contribution is 7.90. The molecule has 0 saturated carbocycles.